The van der Waals surface area contributed by atoms with E-state index in [1.807, 2.05) is 0 Å². The molecule has 2 bridgehead atoms. The average molecular weight is 283 g/mol. The maximum atomic E-state index is 13.5. The largest absolute Gasteiger partial charge is 0.323 e. The first-order chi connectivity index (χ1) is 9.54. The second kappa shape index (κ2) is 5.11. The molecule has 2 nitrogen and oxygen atoms in total. The van der Waals surface area contributed by atoms with Gasteiger partial charge in [0, 0.05) is 6.42 Å². The van der Waals surface area contributed by atoms with Crippen LogP contribution in [-0.2, 0) is 4.79 Å². The topological polar surface area (TPSA) is 29.1 Å². The molecule has 0 heterocycles. The van der Waals surface area contributed by atoms with E-state index >= 15 is 0 Å². The smallest absolute Gasteiger partial charge is 0.224 e. The van der Waals surface area contributed by atoms with E-state index in [1.165, 1.54) is 19.3 Å². The summed E-state index contributed by atoms with van der Waals surface area (Å²) in [5.74, 6) is -2.80. The van der Waals surface area contributed by atoms with Crippen LogP contribution >= 0.6 is 0 Å². The van der Waals surface area contributed by atoms with Gasteiger partial charge in [-0.05, 0) is 49.1 Å². The van der Waals surface area contributed by atoms with E-state index in [-0.39, 0.29) is 11.6 Å². The van der Waals surface area contributed by atoms with Crippen LogP contribution in [0.2, 0.25) is 0 Å². The predicted molar refractivity (Wildman–Crippen MR) is 68.5 cm³/mol. The Morgan fingerprint density at radius 2 is 1.95 bits per heavy atom. The molecule has 20 heavy (non-hydrogen) atoms. The molecule has 1 aromatic carbocycles. The number of amides is 1. The molecular weight excluding hydrogens is 267 g/mol. The van der Waals surface area contributed by atoms with Gasteiger partial charge in [0.1, 0.15) is 0 Å². The van der Waals surface area contributed by atoms with Crippen LogP contribution < -0.4 is 5.32 Å². The summed E-state index contributed by atoms with van der Waals surface area (Å²) in [6.07, 6.45) is 5.00. The van der Waals surface area contributed by atoms with E-state index in [2.05, 4.69) is 5.32 Å². The van der Waals surface area contributed by atoms with Gasteiger partial charge in [0.05, 0.1) is 5.69 Å². The summed E-state index contributed by atoms with van der Waals surface area (Å²) >= 11 is 0. The Morgan fingerprint density at radius 1 is 1.15 bits per heavy atom. The van der Waals surface area contributed by atoms with Crippen molar-refractivity contribution >= 4 is 11.6 Å². The van der Waals surface area contributed by atoms with E-state index in [9.17, 15) is 18.0 Å². The molecule has 5 heteroatoms. The number of hydrogen-bond donors (Lipinski definition) is 1. The minimum Gasteiger partial charge on any atom is -0.323 e. The van der Waals surface area contributed by atoms with Gasteiger partial charge in [-0.2, -0.15) is 0 Å². The quantitative estimate of drug-likeness (QED) is 0.838. The first-order valence-corrected chi connectivity index (χ1v) is 6.98. The number of hydrogen-bond acceptors (Lipinski definition) is 1. The summed E-state index contributed by atoms with van der Waals surface area (Å²) in [6, 6.07) is 1.86. The second-order valence-corrected chi connectivity index (χ2v) is 5.91. The molecule has 0 radical (unpaired) electrons. The van der Waals surface area contributed by atoms with Gasteiger partial charge in [0.25, 0.3) is 0 Å². The number of fused-ring (bicyclic) bond motifs is 2. The lowest BCUT2D eigenvalue weighted by atomic mass is 9.86. The maximum Gasteiger partial charge on any atom is 0.224 e. The van der Waals surface area contributed by atoms with Gasteiger partial charge in [-0.25, -0.2) is 13.2 Å². The van der Waals surface area contributed by atoms with Crippen LogP contribution in [0.4, 0.5) is 18.9 Å². The fourth-order valence-corrected chi connectivity index (χ4v) is 3.69. The Kier molecular flexibility index (Phi) is 3.44. The highest BCUT2D eigenvalue weighted by atomic mass is 19.2. The van der Waals surface area contributed by atoms with Crippen molar-refractivity contribution in [1.29, 1.82) is 0 Å². The second-order valence-electron chi connectivity index (χ2n) is 5.91. The van der Waals surface area contributed by atoms with Gasteiger partial charge >= 0.3 is 0 Å². The molecule has 3 atom stereocenters. The first kappa shape index (κ1) is 13.5. The molecule has 2 aliphatic rings. The molecule has 0 unspecified atom stereocenters. The van der Waals surface area contributed by atoms with Crippen molar-refractivity contribution in [2.24, 2.45) is 17.8 Å². The van der Waals surface area contributed by atoms with Crippen molar-refractivity contribution in [1.82, 2.24) is 0 Å². The highest BCUT2D eigenvalue weighted by Gasteiger charge is 2.40. The molecule has 2 aliphatic carbocycles. The molecule has 108 valence electrons. The van der Waals surface area contributed by atoms with Crippen molar-refractivity contribution in [2.45, 2.75) is 32.1 Å². The predicted octanol–water partition coefficient (Wildman–Crippen LogP) is 3.87. The van der Waals surface area contributed by atoms with Crippen LogP contribution in [0.5, 0.6) is 0 Å². The van der Waals surface area contributed by atoms with Crippen molar-refractivity contribution < 1.29 is 18.0 Å². The van der Waals surface area contributed by atoms with E-state index in [0.29, 0.717) is 18.3 Å². The average Bonchev–Trinajstić information content (AvgIpc) is 3.02. The molecule has 0 aliphatic heterocycles. The van der Waals surface area contributed by atoms with E-state index in [4.69, 9.17) is 0 Å². The Morgan fingerprint density at radius 3 is 2.60 bits per heavy atom. The highest BCUT2D eigenvalue weighted by molar-refractivity contribution is 5.91. The molecular formula is C15H16F3NO. The van der Waals surface area contributed by atoms with Crippen LogP contribution in [0.25, 0.3) is 0 Å². The minimum absolute atomic E-state index is 0.294. The monoisotopic (exact) mass is 283 g/mol. The number of halogens is 3. The fraction of sp³-hybridized carbons (Fsp3) is 0.533. The number of carbonyl (C=O) groups excluding carboxylic acids is 1. The van der Waals surface area contributed by atoms with Crippen LogP contribution in [-0.4, -0.2) is 5.91 Å². The van der Waals surface area contributed by atoms with Gasteiger partial charge in [0.2, 0.25) is 5.91 Å². The van der Waals surface area contributed by atoms with E-state index in [0.717, 1.165) is 24.5 Å². The Labute approximate surface area is 115 Å². The third kappa shape index (κ3) is 2.41. The third-order valence-corrected chi connectivity index (χ3v) is 4.64. The van der Waals surface area contributed by atoms with E-state index < -0.39 is 17.5 Å². The molecule has 0 saturated heterocycles. The lowest BCUT2D eigenvalue weighted by molar-refractivity contribution is -0.117. The Bertz CT molecular complexity index is 546. The maximum absolute atomic E-state index is 13.5. The molecule has 1 aromatic rings. The lowest BCUT2D eigenvalue weighted by Crippen LogP contribution is -2.21. The molecule has 3 rings (SSSR count). The molecule has 0 spiro atoms. The highest BCUT2D eigenvalue weighted by Crippen LogP contribution is 2.49. The van der Waals surface area contributed by atoms with Crippen LogP contribution in [0.3, 0.4) is 0 Å². The number of anilines is 1. The molecule has 2 saturated carbocycles. The van der Waals surface area contributed by atoms with Gasteiger partial charge < -0.3 is 5.32 Å². The Hall–Kier alpha value is -1.52. The summed E-state index contributed by atoms with van der Waals surface area (Å²) in [7, 11) is 0. The number of benzene rings is 1. The first-order valence-electron chi connectivity index (χ1n) is 6.98. The lowest BCUT2D eigenvalue weighted by Gasteiger charge is -2.21. The number of rotatable bonds is 3. The van der Waals surface area contributed by atoms with E-state index in [1.54, 1.807) is 0 Å². The minimum atomic E-state index is -1.55. The van der Waals surface area contributed by atoms with Gasteiger partial charge in [0.15, 0.2) is 17.5 Å². The van der Waals surface area contributed by atoms with Gasteiger partial charge in [-0.1, -0.05) is 6.42 Å². The Balaban J connectivity index is 1.63. The molecule has 1 amide bonds. The number of carbonyl (C=O) groups is 1. The van der Waals surface area contributed by atoms with Gasteiger partial charge in [-0.15, -0.1) is 0 Å². The third-order valence-electron chi connectivity index (χ3n) is 4.64. The zero-order valence-corrected chi connectivity index (χ0v) is 11.0. The molecule has 1 N–H and O–H groups in total. The van der Waals surface area contributed by atoms with Gasteiger partial charge in [-0.3, -0.25) is 4.79 Å². The standard InChI is InChI=1S/C15H16F3NO/c16-11-3-4-12(15(18)14(11)17)19-13(20)7-10-6-8-1-2-9(10)5-8/h3-4,8-10H,1-2,5-7H2,(H,19,20)/t8-,9-,10+/m0/s1. The van der Waals surface area contributed by atoms with Crippen LogP contribution in [0, 0.1) is 35.2 Å². The summed E-state index contributed by atoms with van der Waals surface area (Å²) in [6.45, 7) is 0. The number of nitrogens with one attached hydrogen (secondary N) is 1. The summed E-state index contributed by atoms with van der Waals surface area (Å²) in [5, 5.41) is 2.34. The fourth-order valence-electron chi connectivity index (χ4n) is 3.69. The normalized spacial score (nSPS) is 27.9. The molecule has 0 aromatic heterocycles. The summed E-state index contributed by atoms with van der Waals surface area (Å²) < 4.78 is 39.3. The summed E-state index contributed by atoms with van der Waals surface area (Å²) in [5.41, 5.74) is -0.294. The SMILES string of the molecule is O=C(C[C@H]1C[C@H]2CC[C@H]1C2)Nc1ccc(F)c(F)c1F. The van der Waals surface area contributed by atoms with Crippen molar-refractivity contribution in [3.8, 4) is 0 Å². The van der Waals surface area contributed by atoms with Crippen molar-refractivity contribution in [3.05, 3.63) is 29.6 Å². The van der Waals surface area contributed by atoms with Crippen LogP contribution in [0.1, 0.15) is 32.1 Å². The zero-order chi connectivity index (χ0) is 14.3. The van der Waals surface area contributed by atoms with Crippen LogP contribution in [0.15, 0.2) is 12.1 Å². The molecule has 2 fully saturated rings. The zero-order valence-electron chi connectivity index (χ0n) is 11.0. The van der Waals surface area contributed by atoms with Crippen molar-refractivity contribution in [2.75, 3.05) is 5.32 Å². The summed E-state index contributed by atoms with van der Waals surface area (Å²) in [4.78, 5) is 11.9. The van der Waals surface area contributed by atoms with Crippen molar-refractivity contribution in [3.63, 3.8) is 0 Å².